The lowest BCUT2D eigenvalue weighted by atomic mass is 9.84. The Morgan fingerprint density at radius 2 is 1.44 bits per heavy atom. The number of rotatable bonds is 2. The fourth-order valence-electron chi connectivity index (χ4n) is 2.04. The van der Waals surface area contributed by atoms with Crippen LogP contribution in [0, 0.1) is 18.6 Å². The third-order valence-electron chi connectivity index (χ3n) is 3.13. The van der Waals surface area contributed by atoms with Gasteiger partial charge in [0.25, 0.3) is 0 Å². The zero-order chi connectivity index (χ0) is 13.3. The molecule has 0 bridgehead atoms. The van der Waals surface area contributed by atoms with Crippen LogP contribution in [0.3, 0.4) is 0 Å². The molecule has 0 fully saturated rings. The van der Waals surface area contributed by atoms with Gasteiger partial charge in [-0.3, -0.25) is 0 Å². The van der Waals surface area contributed by atoms with Crippen molar-refractivity contribution in [2.24, 2.45) is 5.73 Å². The maximum absolute atomic E-state index is 13.8. The van der Waals surface area contributed by atoms with Crippen molar-refractivity contribution < 1.29 is 8.78 Å². The highest BCUT2D eigenvalue weighted by molar-refractivity contribution is 5.39. The van der Waals surface area contributed by atoms with Crippen LogP contribution in [0.2, 0.25) is 0 Å². The van der Waals surface area contributed by atoms with E-state index in [1.807, 2.05) is 19.1 Å². The van der Waals surface area contributed by atoms with Gasteiger partial charge in [-0.2, -0.15) is 0 Å². The van der Waals surface area contributed by atoms with Gasteiger partial charge in [0.15, 0.2) is 0 Å². The summed E-state index contributed by atoms with van der Waals surface area (Å²) in [5, 5.41) is 0. The Bertz CT molecular complexity index is 539. The second-order valence-corrected chi connectivity index (χ2v) is 4.67. The van der Waals surface area contributed by atoms with Crippen LogP contribution < -0.4 is 5.73 Å². The summed E-state index contributed by atoms with van der Waals surface area (Å²) in [7, 11) is 0. The van der Waals surface area contributed by atoms with E-state index in [0.29, 0.717) is 5.56 Å². The summed E-state index contributed by atoms with van der Waals surface area (Å²) in [6.45, 7) is 3.56. The fraction of sp³-hybridized carbons (Fsp3) is 0.200. The van der Waals surface area contributed by atoms with Crippen molar-refractivity contribution in [1.29, 1.82) is 0 Å². The average Bonchev–Trinajstić information content (AvgIpc) is 2.29. The first-order valence-corrected chi connectivity index (χ1v) is 5.73. The normalized spacial score (nSPS) is 14.3. The Hall–Kier alpha value is -1.74. The highest BCUT2D eigenvalue weighted by Gasteiger charge is 2.30. The van der Waals surface area contributed by atoms with Gasteiger partial charge in [-0.15, -0.1) is 0 Å². The van der Waals surface area contributed by atoms with E-state index >= 15 is 0 Å². The SMILES string of the molecule is Cc1ccc(C(C)(N)c2c(F)cccc2F)cc1. The molecule has 0 heterocycles. The Morgan fingerprint density at radius 1 is 0.944 bits per heavy atom. The molecule has 2 rings (SSSR count). The van der Waals surface area contributed by atoms with E-state index in [1.165, 1.54) is 18.2 Å². The van der Waals surface area contributed by atoms with E-state index in [4.69, 9.17) is 5.73 Å². The molecule has 0 radical (unpaired) electrons. The van der Waals surface area contributed by atoms with Crippen LogP contribution in [0.15, 0.2) is 42.5 Å². The van der Waals surface area contributed by atoms with Gasteiger partial charge in [0.05, 0.1) is 5.54 Å². The molecule has 0 saturated carbocycles. The number of aryl methyl sites for hydroxylation is 1. The maximum Gasteiger partial charge on any atom is 0.131 e. The van der Waals surface area contributed by atoms with Gasteiger partial charge in [-0.1, -0.05) is 35.9 Å². The van der Waals surface area contributed by atoms with Crippen molar-refractivity contribution in [3.63, 3.8) is 0 Å². The monoisotopic (exact) mass is 247 g/mol. The van der Waals surface area contributed by atoms with Crippen molar-refractivity contribution in [3.8, 4) is 0 Å². The number of nitrogens with two attached hydrogens (primary N) is 1. The molecule has 1 unspecified atom stereocenters. The molecular weight excluding hydrogens is 232 g/mol. The van der Waals surface area contributed by atoms with E-state index in [1.54, 1.807) is 19.1 Å². The van der Waals surface area contributed by atoms with Gasteiger partial charge in [0.1, 0.15) is 11.6 Å². The summed E-state index contributed by atoms with van der Waals surface area (Å²) in [6, 6.07) is 11.1. The number of hydrogen-bond acceptors (Lipinski definition) is 1. The standard InChI is InChI=1S/C15H15F2N/c1-10-6-8-11(9-7-10)15(2,18)14-12(16)4-3-5-13(14)17/h3-9H,18H2,1-2H3. The maximum atomic E-state index is 13.8. The van der Waals surface area contributed by atoms with Crippen LogP contribution in [0.5, 0.6) is 0 Å². The highest BCUT2D eigenvalue weighted by atomic mass is 19.1. The van der Waals surface area contributed by atoms with Gasteiger partial charge in [-0.05, 0) is 31.5 Å². The quantitative estimate of drug-likeness (QED) is 0.863. The van der Waals surface area contributed by atoms with Gasteiger partial charge < -0.3 is 5.73 Å². The lowest BCUT2D eigenvalue weighted by Gasteiger charge is -2.27. The Balaban J connectivity index is 2.57. The summed E-state index contributed by atoms with van der Waals surface area (Å²) < 4.78 is 27.6. The van der Waals surface area contributed by atoms with Crippen molar-refractivity contribution in [1.82, 2.24) is 0 Å². The molecule has 1 atom stereocenters. The summed E-state index contributed by atoms with van der Waals surface area (Å²) >= 11 is 0. The first-order chi connectivity index (χ1) is 8.43. The van der Waals surface area contributed by atoms with E-state index in [9.17, 15) is 8.78 Å². The minimum Gasteiger partial charge on any atom is -0.318 e. The summed E-state index contributed by atoms with van der Waals surface area (Å²) in [6.07, 6.45) is 0. The van der Waals surface area contributed by atoms with Gasteiger partial charge in [0.2, 0.25) is 0 Å². The molecule has 2 N–H and O–H groups in total. The predicted molar refractivity (Wildman–Crippen MR) is 68.2 cm³/mol. The van der Waals surface area contributed by atoms with Crippen LogP contribution >= 0.6 is 0 Å². The van der Waals surface area contributed by atoms with Crippen LogP contribution in [-0.2, 0) is 5.54 Å². The molecule has 2 aromatic carbocycles. The summed E-state index contributed by atoms with van der Waals surface area (Å²) in [5.41, 5.74) is 6.59. The number of benzene rings is 2. The molecule has 0 saturated heterocycles. The molecule has 18 heavy (non-hydrogen) atoms. The van der Waals surface area contributed by atoms with E-state index in [2.05, 4.69) is 0 Å². The molecule has 2 aromatic rings. The molecule has 3 heteroatoms. The predicted octanol–water partition coefficient (Wildman–Crippen LogP) is 3.50. The van der Waals surface area contributed by atoms with Crippen LogP contribution in [0.25, 0.3) is 0 Å². The van der Waals surface area contributed by atoms with Crippen molar-refractivity contribution in [2.75, 3.05) is 0 Å². The molecule has 0 aliphatic rings. The Labute approximate surface area is 105 Å². The van der Waals surface area contributed by atoms with Gasteiger partial charge in [-0.25, -0.2) is 8.78 Å². The van der Waals surface area contributed by atoms with Crippen LogP contribution in [0.1, 0.15) is 23.6 Å². The number of halogens is 2. The van der Waals surface area contributed by atoms with Gasteiger partial charge in [0, 0.05) is 5.56 Å². The van der Waals surface area contributed by atoms with E-state index in [-0.39, 0.29) is 5.56 Å². The smallest absolute Gasteiger partial charge is 0.131 e. The van der Waals surface area contributed by atoms with Crippen LogP contribution in [-0.4, -0.2) is 0 Å². The first kappa shape index (κ1) is 12.7. The fourth-order valence-corrected chi connectivity index (χ4v) is 2.04. The van der Waals surface area contributed by atoms with Gasteiger partial charge >= 0.3 is 0 Å². The number of hydrogen-bond donors (Lipinski definition) is 1. The zero-order valence-electron chi connectivity index (χ0n) is 10.4. The molecule has 0 aliphatic carbocycles. The third kappa shape index (κ3) is 2.14. The molecule has 1 nitrogen and oxygen atoms in total. The summed E-state index contributed by atoms with van der Waals surface area (Å²) in [5.74, 6) is -1.25. The minimum atomic E-state index is -1.19. The molecule has 0 amide bonds. The molecule has 0 aliphatic heterocycles. The summed E-state index contributed by atoms with van der Waals surface area (Å²) in [4.78, 5) is 0. The van der Waals surface area contributed by atoms with Crippen molar-refractivity contribution in [3.05, 3.63) is 70.8 Å². The van der Waals surface area contributed by atoms with Crippen LogP contribution in [0.4, 0.5) is 8.78 Å². The molecule has 94 valence electrons. The lowest BCUT2D eigenvalue weighted by molar-refractivity contribution is 0.482. The van der Waals surface area contributed by atoms with Crippen molar-refractivity contribution in [2.45, 2.75) is 19.4 Å². The Kier molecular flexibility index (Phi) is 3.18. The molecule has 0 aromatic heterocycles. The second kappa shape index (κ2) is 4.50. The molecular formula is C15H15F2N. The third-order valence-corrected chi connectivity index (χ3v) is 3.13. The average molecular weight is 247 g/mol. The lowest BCUT2D eigenvalue weighted by Crippen LogP contribution is -2.36. The minimum absolute atomic E-state index is 0.103. The van der Waals surface area contributed by atoms with E-state index < -0.39 is 17.2 Å². The van der Waals surface area contributed by atoms with Crippen molar-refractivity contribution >= 4 is 0 Å². The zero-order valence-corrected chi connectivity index (χ0v) is 10.4. The second-order valence-electron chi connectivity index (χ2n) is 4.67. The topological polar surface area (TPSA) is 26.0 Å². The highest BCUT2D eigenvalue weighted by Crippen LogP contribution is 2.30. The Morgan fingerprint density at radius 3 is 1.94 bits per heavy atom. The molecule has 0 spiro atoms. The first-order valence-electron chi connectivity index (χ1n) is 5.73. The van der Waals surface area contributed by atoms with E-state index in [0.717, 1.165) is 5.56 Å². The largest absolute Gasteiger partial charge is 0.318 e.